The molecule has 0 saturated heterocycles. The quantitative estimate of drug-likeness (QED) is 0.549. The van der Waals surface area contributed by atoms with E-state index < -0.39 is 0 Å². The Balaban J connectivity index is 3.05. The third-order valence-corrected chi connectivity index (χ3v) is 1.12. The van der Waals surface area contributed by atoms with Crippen molar-refractivity contribution in [2.24, 2.45) is 0 Å². The van der Waals surface area contributed by atoms with Crippen molar-refractivity contribution in [3.05, 3.63) is 0 Å². The number of nitrogens with one attached hydrogen (secondary N) is 1. The Hall–Kier alpha value is -0.220. The summed E-state index contributed by atoms with van der Waals surface area (Å²) in [5, 5.41) is 0. The first-order valence-electron chi connectivity index (χ1n) is 2.24. The van der Waals surface area contributed by atoms with Crippen LogP contribution in [0.3, 0.4) is 0 Å². The molecule has 0 fully saturated rings. The van der Waals surface area contributed by atoms with E-state index in [4.69, 9.17) is 0 Å². The third kappa shape index (κ3) is 5.78. The molecule has 0 aromatic carbocycles. The maximum absolute atomic E-state index is 10.2. The zero-order chi connectivity index (χ0) is 6.57. The van der Waals surface area contributed by atoms with E-state index in [1.54, 1.807) is 4.31 Å². The number of hydrogen-bond donors (Lipinski definition) is 1. The molecule has 3 nitrogen and oxygen atoms in total. The van der Waals surface area contributed by atoms with Crippen LogP contribution >= 0.6 is 12.1 Å². The molecule has 0 radical (unpaired) electrons. The number of nitrogens with zero attached hydrogens (tertiary/aromatic N) is 1. The van der Waals surface area contributed by atoms with Gasteiger partial charge in [-0.15, -0.1) is 0 Å². The summed E-state index contributed by atoms with van der Waals surface area (Å²) < 4.78 is 4.36. The Labute approximate surface area is 53.7 Å². The van der Waals surface area contributed by atoms with Crippen molar-refractivity contribution in [1.29, 1.82) is 0 Å². The molecule has 1 N–H and O–H groups in total. The Morgan fingerprint density at radius 2 is 2.12 bits per heavy atom. The van der Waals surface area contributed by atoms with Crippen molar-refractivity contribution in [2.45, 2.75) is 6.92 Å². The van der Waals surface area contributed by atoms with Crippen LogP contribution in [-0.4, -0.2) is 24.3 Å². The summed E-state index contributed by atoms with van der Waals surface area (Å²) in [6.45, 7) is 1.48. The second-order valence-corrected chi connectivity index (χ2v) is 2.68. The van der Waals surface area contributed by atoms with E-state index in [9.17, 15) is 4.79 Å². The third-order valence-electron chi connectivity index (χ3n) is 0.372. The molecule has 48 valence electrons. The predicted octanol–water partition coefficient (Wildman–Crippen LogP) is 0.247. The first-order chi connectivity index (χ1) is 3.63. The van der Waals surface area contributed by atoms with Gasteiger partial charge in [-0.1, -0.05) is 0 Å². The largest absolute Gasteiger partial charge is 0.287 e. The minimum atomic E-state index is -0.0244. The molecular formula is C4H10N2OS. The lowest BCUT2D eigenvalue weighted by atomic mass is 10.8. The van der Waals surface area contributed by atoms with Crippen molar-refractivity contribution in [1.82, 2.24) is 9.03 Å². The van der Waals surface area contributed by atoms with Crippen LogP contribution in [0.4, 0.5) is 0 Å². The molecule has 0 unspecified atom stereocenters. The van der Waals surface area contributed by atoms with Gasteiger partial charge in [0, 0.05) is 19.1 Å². The normalized spacial score (nSPS) is 9.50. The van der Waals surface area contributed by atoms with Gasteiger partial charge in [0.15, 0.2) is 0 Å². The topological polar surface area (TPSA) is 32.3 Å². The van der Waals surface area contributed by atoms with Crippen LogP contribution in [0.1, 0.15) is 6.92 Å². The average molecular weight is 134 g/mol. The number of amides is 1. The highest BCUT2D eigenvalue weighted by Crippen LogP contribution is 1.93. The van der Waals surface area contributed by atoms with Crippen LogP contribution in [0.25, 0.3) is 0 Å². The van der Waals surface area contributed by atoms with Crippen LogP contribution in [0.2, 0.25) is 0 Å². The molecule has 0 rings (SSSR count). The molecule has 0 aliphatic carbocycles. The highest BCUT2D eigenvalue weighted by atomic mass is 32.2. The standard InChI is InChI=1S/C4H10N2OS/c1-4(7)5-8-6(2)3/h1-3H3,(H,5,7). The molecule has 0 aliphatic heterocycles. The van der Waals surface area contributed by atoms with Gasteiger partial charge < -0.3 is 0 Å². The van der Waals surface area contributed by atoms with Crippen molar-refractivity contribution in [3.63, 3.8) is 0 Å². The number of carbonyl (C=O) groups is 1. The average Bonchev–Trinajstić information content (AvgIpc) is 1.61. The predicted molar refractivity (Wildman–Crippen MR) is 35.1 cm³/mol. The Morgan fingerprint density at radius 3 is 2.25 bits per heavy atom. The summed E-state index contributed by atoms with van der Waals surface area (Å²) in [7, 11) is 3.72. The van der Waals surface area contributed by atoms with Crippen LogP contribution in [0.5, 0.6) is 0 Å². The fourth-order valence-corrected chi connectivity index (χ4v) is 0.467. The van der Waals surface area contributed by atoms with Gasteiger partial charge >= 0.3 is 0 Å². The molecule has 0 aliphatic rings. The van der Waals surface area contributed by atoms with Gasteiger partial charge in [-0.25, -0.2) is 4.31 Å². The van der Waals surface area contributed by atoms with Crippen molar-refractivity contribution in [2.75, 3.05) is 14.1 Å². The molecule has 4 heteroatoms. The Kier molecular flexibility index (Phi) is 3.64. The second kappa shape index (κ2) is 3.74. The van der Waals surface area contributed by atoms with Crippen LogP contribution in [0, 0.1) is 0 Å². The first kappa shape index (κ1) is 7.78. The lowest BCUT2D eigenvalue weighted by molar-refractivity contribution is -0.117. The summed E-state index contributed by atoms with van der Waals surface area (Å²) >= 11 is 1.27. The number of hydrogen-bond acceptors (Lipinski definition) is 3. The Bertz CT molecular complexity index is 84.1. The van der Waals surface area contributed by atoms with Gasteiger partial charge in [-0.3, -0.25) is 9.52 Å². The second-order valence-electron chi connectivity index (χ2n) is 1.56. The summed E-state index contributed by atoms with van der Waals surface area (Å²) in [5.74, 6) is -0.0244. The molecule has 0 bridgehead atoms. The summed E-state index contributed by atoms with van der Waals surface area (Å²) in [6.07, 6.45) is 0. The first-order valence-corrected chi connectivity index (χ1v) is 3.01. The zero-order valence-electron chi connectivity index (χ0n) is 5.26. The van der Waals surface area contributed by atoms with E-state index in [0.29, 0.717) is 0 Å². The van der Waals surface area contributed by atoms with Gasteiger partial charge in [0.25, 0.3) is 0 Å². The molecule has 0 heterocycles. The number of carbonyl (C=O) groups excluding carboxylic acids is 1. The highest BCUT2D eigenvalue weighted by Gasteiger charge is 1.90. The summed E-state index contributed by atoms with van der Waals surface area (Å²) in [4.78, 5) is 10.2. The monoisotopic (exact) mass is 134 g/mol. The molecule has 0 aromatic heterocycles. The molecule has 0 spiro atoms. The fourth-order valence-electron chi connectivity index (χ4n) is 0.156. The van der Waals surface area contributed by atoms with E-state index >= 15 is 0 Å². The molecule has 0 aromatic rings. The molecule has 1 amide bonds. The molecular weight excluding hydrogens is 124 g/mol. The van der Waals surface area contributed by atoms with Crippen molar-refractivity contribution >= 4 is 18.0 Å². The smallest absolute Gasteiger partial charge is 0.227 e. The van der Waals surface area contributed by atoms with E-state index in [2.05, 4.69) is 4.72 Å². The minimum Gasteiger partial charge on any atom is -0.287 e. The van der Waals surface area contributed by atoms with E-state index in [1.165, 1.54) is 19.1 Å². The van der Waals surface area contributed by atoms with E-state index in [0.717, 1.165) is 0 Å². The van der Waals surface area contributed by atoms with Gasteiger partial charge in [-0.2, -0.15) is 0 Å². The minimum absolute atomic E-state index is 0.0244. The lowest BCUT2D eigenvalue weighted by Crippen LogP contribution is -2.16. The van der Waals surface area contributed by atoms with Gasteiger partial charge in [0.1, 0.15) is 0 Å². The van der Waals surface area contributed by atoms with Gasteiger partial charge in [-0.05, 0) is 14.1 Å². The van der Waals surface area contributed by atoms with Crippen LogP contribution in [0.15, 0.2) is 0 Å². The molecule has 8 heavy (non-hydrogen) atoms. The van der Waals surface area contributed by atoms with Gasteiger partial charge in [0.05, 0.1) is 0 Å². The van der Waals surface area contributed by atoms with E-state index in [-0.39, 0.29) is 5.91 Å². The molecule has 0 saturated carbocycles. The number of rotatable bonds is 2. The lowest BCUT2D eigenvalue weighted by Gasteiger charge is -2.05. The van der Waals surface area contributed by atoms with E-state index in [1.807, 2.05) is 14.1 Å². The Morgan fingerprint density at radius 1 is 1.62 bits per heavy atom. The SMILES string of the molecule is CC(=O)NSN(C)C. The summed E-state index contributed by atoms with van der Waals surface area (Å²) in [5.41, 5.74) is 0. The fraction of sp³-hybridized carbons (Fsp3) is 0.750. The molecule has 0 atom stereocenters. The highest BCUT2D eigenvalue weighted by molar-refractivity contribution is 7.95. The zero-order valence-corrected chi connectivity index (χ0v) is 6.08. The maximum atomic E-state index is 10.2. The van der Waals surface area contributed by atoms with Crippen molar-refractivity contribution in [3.8, 4) is 0 Å². The maximum Gasteiger partial charge on any atom is 0.227 e. The van der Waals surface area contributed by atoms with Crippen molar-refractivity contribution < 1.29 is 4.79 Å². The van der Waals surface area contributed by atoms with Crippen LogP contribution in [-0.2, 0) is 4.79 Å². The van der Waals surface area contributed by atoms with Crippen LogP contribution < -0.4 is 4.72 Å². The summed E-state index contributed by atoms with van der Waals surface area (Å²) in [6, 6.07) is 0. The van der Waals surface area contributed by atoms with Gasteiger partial charge in [0.2, 0.25) is 5.91 Å².